The van der Waals surface area contributed by atoms with Gasteiger partial charge in [-0.25, -0.2) is 8.42 Å². The fourth-order valence-corrected chi connectivity index (χ4v) is 3.98. The molecule has 1 aliphatic rings. The summed E-state index contributed by atoms with van der Waals surface area (Å²) in [5.74, 6) is 0.317. The fourth-order valence-electron chi connectivity index (χ4n) is 1.98. The van der Waals surface area contributed by atoms with E-state index in [0.717, 1.165) is 5.56 Å². The van der Waals surface area contributed by atoms with Crippen LogP contribution >= 0.6 is 0 Å². The molecule has 94 valence electrons. The molecule has 0 amide bonds. The van der Waals surface area contributed by atoms with Crippen molar-refractivity contribution in [3.8, 4) is 0 Å². The van der Waals surface area contributed by atoms with Gasteiger partial charge in [-0.05, 0) is 20.2 Å². The Morgan fingerprint density at radius 3 is 2.82 bits per heavy atom. The zero-order valence-corrected chi connectivity index (χ0v) is 10.7. The fraction of sp³-hybridized carbons (Fsp3) is 0.545. The first-order chi connectivity index (χ1) is 7.98. The van der Waals surface area contributed by atoms with Gasteiger partial charge in [0.25, 0.3) is 0 Å². The lowest BCUT2D eigenvalue weighted by atomic mass is 10.1. The molecule has 0 aromatic carbocycles. The Morgan fingerprint density at radius 1 is 1.47 bits per heavy atom. The van der Waals surface area contributed by atoms with E-state index in [1.807, 2.05) is 19.0 Å². The summed E-state index contributed by atoms with van der Waals surface area (Å²) in [6, 6.07) is 1.56. The summed E-state index contributed by atoms with van der Waals surface area (Å²) >= 11 is 0. The van der Waals surface area contributed by atoms with Crippen LogP contribution < -0.4 is 0 Å². The SMILES string of the molecule is CN(C)[C@@H]1CS(=O)(=O)C[C@H]1N=Cc1ccoc1. The first kappa shape index (κ1) is 12.3. The normalized spacial score (nSPS) is 28.2. The maximum Gasteiger partial charge on any atom is 0.154 e. The second kappa shape index (κ2) is 4.62. The maximum absolute atomic E-state index is 11.6. The third-order valence-electron chi connectivity index (χ3n) is 2.92. The Bertz CT molecular complexity index is 491. The topological polar surface area (TPSA) is 62.9 Å². The zero-order chi connectivity index (χ0) is 12.5. The monoisotopic (exact) mass is 256 g/mol. The van der Waals surface area contributed by atoms with E-state index >= 15 is 0 Å². The van der Waals surface area contributed by atoms with Gasteiger partial charge in [-0.2, -0.15) is 0 Å². The molecule has 1 aliphatic heterocycles. The third-order valence-corrected chi connectivity index (χ3v) is 4.61. The molecule has 0 aliphatic carbocycles. The molecule has 17 heavy (non-hydrogen) atoms. The maximum atomic E-state index is 11.6. The van der Waals surface area contributed by atoms with E-state index < -0.39 is 9.84 Å². The van der Waals surface area contributed by atoms with Crippen LogP contribution in [0.2, 0.25) is 0 Å². The first-order valence-electron chi connectivity index (χ1n) is 5.40. The van der Waals surface area contributed by atoms with E-state index in [1.54, 1.807) is 24.8 Å². The van der Waals surface area contributed by atoms with Gasteiger partial charge < -0.3 is 9.32 Å². The molecular weight excluding hydrogens is 240 g/mol. The number of furan rings is 1. The van der Waals surface area contributed by atoms with Crippen LogP contribution in [0, 0.1) is 0 Å². The van der Waals surface area contributed by atoms with Gasteiger partial charge in [-0.15, -0.1) is 0 Å². The summed E-state index contributed by atoms with van der Waals surface area (Å²) in [4.78, 5) is 6.28. The highest BCUT2D eigenvalue weighted by Gasteiger charge is 2.38. The summed E-state index contributed by atoms with van der Waals surface area (Å²) in [6.07, 6.45) is 4.82. The number of likely N-dealkylation sites (N-methyl/N-ethyl adjacent to an activating group) is 1. The summed E-state index contributed by atoms with van der Waals surface area (Å²) in [5, 5.41) is 0. The van der Waals surface area contributed by atoms with Crippen LogP contribution in [-0.4, -0.2) is 57.2 Å². The summed E-state index contributed by atoms with van der Waals surface area (Å²) < 4.78 is 28.1. The molecule has 2 heterocycles. The predicted molar refractivity (Wildman–Crippen MR) is 66.2 cm³/mol. The quantitative estimate of drug-likeness (QED) is 0.736. The van der Waals surface area contributed by atoms with Gasteiger partial charge in [-0.3, -0.25) is 4.99 Å². The van der Waals surface area contributed by atoms with Crippen LogP contribution in [0.4, 0.5) is 0 Å². The minimum absolute atomic E-state index is 0.0387. The number of hydrogen-bond acceptors (Lipinski definition) is 5. The second-order valence-electron chi connectivity index (χ2n) is 4.51. The summed E-state index contributed by atoms with van der Waals surface area (Å²) in [5.41, 5.74) is 0.854. The lowest BCUT2D eigenvalue weighted by Crippen LogP contribution is -2.37. The Labute approximate surface area is 101 Å². The van der Waals surface area contributed by atoms with Gasteiger partial charge >= 0.3 is 0 Å². The van der Waals surface area contributed by atoms with Gasteiger partial charge in [0, 0.05) is 17.8 Å². The molecule has 0 spiro atoms. The van der Waals surface area contributed by atoms with Crippen molar-refractivity contribution in [3.05, 3.63) is 24.2 Å². The van der Waals surface area contributed by atoms with E-state index in [0.29, 0.717) is 0 Å². The highest BCUT2D eigenvalue weighted by Crippen LogP contribution is 2.19. The van der Waals surface area contributed by atoms with Crippen molar-refractivity contribution in [3.63, 3.8) is 0 Å². The van der Waals surface area contributed by atoms with E-state index in [9.17, 15) is 8.42 Å². The number of sulfone groups is 1. The Balaban J connectivity index is 2.14. The highest BCUT2D eigenvalue weighted by atomic mass is 32.2. The second-order valence-corrected chi connectivity index (χ2v) is 6.66. The molecule has 5 nitrogen and oxygen atoms in total. The average Bonchev–Trinajstić information content (AvgIpc) is 2.81. The number of rotatable bonds is 3. The van der Waals surface area contributed by atoms with Crippen LogP contribution in [0.3, 0.4) is 0 Å². The summed E-state index contributed by atoms with van der Waals surface area (Å²) in [7, 11) is 0.802. The first-order valence-corrected chi connectivity index (χ1v) is 7.22. The van der Waals surface area contributed by atoms with Gasteiger partial charge in [0.1, 0.15) is 0 Å². The van der Waals surface area contributed by atoms with Crippen molar-refractivity contribution in [2.45, 2.75) is 12.1 Å². The third kappa shape index (κ3) is 2.95. The average molecular weight is 256 g/mol. The largest absolute Gasteiger partial charge is 0.472 e. The van der Waals surface area contributed by atoms with Gasteiger partial charge in [0.2, 0.25) is 0 Å². The molecule has 0 saturated carbocycles. The molecule has 2 rings (SSSR count). The predicted octanol–water partition coefficient (Wildman–Crippen LogP) is 0.426. The highest BCUT2D eigenvalue weighted by molar-refractivity contribution is 7.91. The number of aliphatic imine (C=N–C) groups is 1. The standard InChI is InChI=1S/C11H16N2O3S/c1-13(2)11-8-17(14,15)7-10(11)12-5-9-3-4-16-6-9/h3-6,10-11H,7-8H2,1-2H3/t10-,11-/m1/s1. The molecule has 1 saturated heterocycles. The Morgan fingerprint density at radius 2 is 2.24 bits per heavy atom. The van der Waals surface area contributed by atoms with Crippen molar-refractivity contribution in [2.75, 3.05) is 25.6 Å². The van der Waals surface area contributed by atoms with E-state index in [-0.39, 0.29) is 23.6 Å². The molecule has 1 aromatic rings. The van der Waals surface area contributed by atoms with E-state index in [4.69, 9.17) is 4.42 Å². The van der Waals surface area contributed by atoms with Crippen LogP contribution in [0.5, 0.6) is 0 Å². The minimum atomic E-state index is -2.96. The van der Waals surface area contributed by atoms with Crippen LogP contribution in [0.15, 0.2) is 28.0 Å². The molecule has 1 aromatic heterocycles. The van der Waals surface area contributed by atoms with Crippen LogP contribution in [0.25, 0.3) is 0 Å². The lowest BCUT2D eigenvalue weighted by molar-refractivity contribution is 0.297. The van der Waals surface area contributed by atoms with Crippen molar-refractivity contribution < 1.29 is 12.8 Å². The van der Waals surface area contributed by atoms with Crippen molar-refractivity contribution in [1.82, 2.24) is 4.90 Å². The van der Waals surface area contributed by atoms with Gasteiger partial charge in [0.15, 0.2) is 9.84 Å². The molecule has 2 atom stereocenters. The van der Waals surface area contributed by atoms with Gasteiger partial charge in [-0.1, -0.05) is 0 Å². The van der Waals surface area contributed by atoms with Crippen LogP contribution in [0.1, 0.15) is 5.56 Å². The Kier molecular flexibility index (Phi) is 3.35. The lowest BCUT2D eigenvalue weighted by Gasteiger charge is -2.21. The molecule has 0 N–H and O–H groups in total. The smallest absolute Gasteiger partial charge is 0.154 e. The number of hydrogen-bond donors (Lipinski definition) is 0. The zero-order valence-electron chi connectivity index (χ0n) is 9.91. The van der Waals surface area contributed by atoms with Crippen molar-refractivity contribution in [1.29, 1.82) is 0 Å². The van der Waals surface area contributed by atoms with Gasteiger partial charge in [0.05, 0.1) is 30.1 Å². The molecule has 6 heteroatoms. The Hall–Kier alpha value is -1.14. The molecule has 0 radical (unpaired) electrons. The van der Waals surface area contributed by atoms with Crippen molar-refractivity contribution >= 4 is 16.1 Å². The number of nitrogens with zero attached hydrogens (tertiary/aromatic N) is 2. The molecule has 0 unspecified atom stereocenters. The molecular formula is C11H16N2O3S. The van der Waals surface area contributed by atoms with E-state index in [2.05, 4.69) is 4.99 Å². The molecule has 1 fully saturated rings. The molecule has 0 bridgehead atoms. The van der Waals surface area contributed by atoms with Crippen LogP contribution in [-0.2, 0) is 9.84 Å². The van der Waals surface area contributed by atoms with Crippen molar-refractivity contribution in [2.24, 2.45) is 4.99 Å². The summed E-state index contributed by atoms with van der Waals surface area (Å²) in [6.45, 7) is 0. The van der Waals surface area contributed by atoms with E-state index in [1.165, 1.54) is 0 Å². The minimum Gasteiger partial charge on any atom is -0.472 e.